The van der Waals surface area contributed by atoms with Crippen LogP contribution < -0.4 is 4.74 Å². The summed E-state index contributed by atoms with van der Waals surface area (Å²) in [6.07, 6.45) is -0.266. The normalized spacial score (nSPS) is 17.4. The first kappa shape index (κ1) is 25.3. The van der Waals surface area contributed by atoms with Gasteiger partial charge in [-0.3, -0.25) is 4.79 Å². The van der Waals surface area contributed by atoms with Crippen LogP contribution in [0, 0.1) is 19.7 Å². The number of hydrogen-bond donors (Lipinski definition) is 0. The molecule has 0 spiro atoms. The summed E-state index contributed by atoms with van der Waals surface area (Å²) in [6.45, 7) is 10.5. The number of carbonyl (C=O) groups excluding carboxylic acids is 2. The van der Waals surface area contributed by atoms with Crippen LogP contribution in [-0.2, 0) is 17.8 Å². The van der Waals surface area contributed by atoms with Gasteiger partial charge in [0, 0.05) is 24.6 Å². The zero-order chi connectivity index (χ0) is 26.6. The molecule has 5 rings (SSSR count). The van der Waals surface area contributed by atoms with Gasteiger partial charge in [-0.25, -0.2) is 18.7 Å². The van der Waals surface area contributed by atoms with E-state index >= 15 is 0 Å². The topological polar surface area (TPSA) is 89.3 Å². The summed E-state index contributed by atoms with van der Waals surface area (Å²) >= 11 is 6.33. The zero-order valence-corrected chi connectivity index (χ0v) is 22.2. The van der Waals surface area contributed by atoms with Crippen LogP contribution in [0.5, 0.6) is 5.75 Å². The molecule has 2 aliphatic heterocycles. The lowest BCUT2D eigenvalue weighted by molar-refractivity contribution is 0.0275. The second kappa shape index (κ2) is 9.16. The third kappa shape index (κ3) is 4.82. The molecule has 0 unspecified atom stereocenters. The highest BCUT2D eigenvalue weighted by atomic mass is 35.5. The van der Waals surface area contributed by atoms with E-state index in [1.807, 2.05) is 13.8 Å². The van der Waals surface area contributed by atoms with E-state index in [1.165, 1.54) is 18.2 Å². The van der Waals surface area contributed by atoms with E-state index in [4.69, 9.17) is 21.1 Å². The number of ether oxygens (including phenoxy) is 2. The molecule has 9 nitrogen and oxygen atoms in total. The van der Waals surface area contributed by atoms with Crippen molar-refractivity contribution in [1.82, 2.24) is 24.4 Å². The number of rotatable bonds is 3. The van der Waals surface area contributed by atoms with Crippen LogP contribution in [0.4, 0.5) is 9.18 Å². The first-order valence-electron chi connectivity index (χ1n) is 12.2. The fraction of sp³-hybridized carbons (Fsp3) is 0.462. The minimum atomic E-state index is -0.604. The fourth-order valence-electron chi connectivity index (χ4n) is 4.69. The van der Waals surface area contributed by atoms with Crippen LogP contribution in [0.25, 0.3) is 5.65 Å². The molecule has 0 radical (unpaired) electrons. The number of carbonyl (C=O) groups is 2. The van der Waals surface area contributed by atoms with Gasteiger partial charge in [0.15, 0.2) is 5.65 Å². The van der Waals surface area contributed by atoms with Crippen LogP contribution in [0.15, 0.2) is 18.2 Å². The smallest absolute Gasteiger partial charge is 0.410 e. The van der Waals surface area contributed by atoms with E-state index in [0.717, 1.165) is 17.0 Å². The Morgan fingerprint density at radius 2 is 1.92 bits per heavy atom. The maximum Gasteiger partial charge on any atom is 0.410 e. The molecule has 4 heterocycles. The van der Waals surface area contributed by atoms with Gasteiger partial charge < -0.3 is 19.3 Å². The summed E-state index contributed by atoms with van der Waals surface area (Å²) in [5, 5.41) is 5.19. The minimum absolute atomic E-state index is 0.149. The van der Waals surface area contributed by atoms with Crippen molar-refractivity contribution < 1.29 is 23.5 Å². The second-order valence-corrected chi connectivity index (χ2v) is 10.9. The lowest BCUT2D eigenvalue weighted by atomic mass is 10.1. The van der Waals surface area contributed by atoms with Gasteiger partial charge in [0.25, 0.3) is 5.91 Å². The second-order valence-electron chi connectivity index (χ2n) is 10.5. The number of benzene rings is 1. The molecule has 1 fully saturated rings. The molecular formula is C26H29ClFN5O4. The van der Waals surface area contributed by atoms with Crippen molar-refractivity contribution in [2.45, 2.75) is 65.8 Å². The Morgan fingerprint density at radius 3 is 2.65 bits per heavy atom. The maximum atomic E-state index is 14.2. The first-order chi connectivity index (χ1) is 17.4. The molecule has 11 heteroatoms. The highest BCUT2D eigenvalue weighted by Gasteiger charge is 2.34. The van der Waals surface area contributed by atoms with Crippen molar-refractivity contribution in [3.63, 3.8) is 0 Å². The average molecular weight is 530 g/mol. The van der Waals surface area contributed by atoms with E-state index in [2.05, 4.69) is 10.1 Å². The van der Waals surface area contributed by atoms with Gasteiger partial charge in [-0.2, -0.15) is 5.10 Å². The molecule has 0 aliphatic carbocycles. The predicted octanol–water partition coefficient (Wildman–Crippen LogP) is 4.68. The van der Waals surface area contributed by atoms with Gasteiger partial charge in [-0.05, 0) is 46.8 Å². The highest BCUT2D eigenvalue weighted by molar-refractivity contribution is 6.31. The molecule has 0 bridgehead atoms. The van der Waals surface area contributed by atoms with Crippen LogP contribution >= 0.6 is 11.6 Å². The Bertz CT molecular complexity index is 1420. The van der Waals surface area contributed by atoms with Gasteiger partial charge >= 0.3 is 6.09 Å². The van der Waals surface area contributed by atoms with Gasteiger partial charge in [-0.15, -0.1) is 0 Å². The Kier molecular flexibility index (Phi) is 6.26. The monoisotopic (exact) mass is 529 g/mol. The Hall–Kier alpha value is -3.40. The van der Waals surface area contributed by atoms with E-state index in [1.54, 1.807) is 35.1 Å². The number of likely N-dealkylation sites (tertiary alicyclic amines) is 1. The third-order valence-corrected chi connectivity index (χ3v) is 7.05. The van der Waals surface area contributed by atoms with Crippen molar-refractivity contribution in [1.29, 1.82) is 0 Å². The molecule has 0 saturated carbocycles. The minimum Gasteiger partial charge on any atom is -0.488 e. The largest absolute Gasteiger partial charge is 0.488 e. The molecule has 3 aromatic rings. The summed E-state index contributed by atoms with van der Waals surface area (Å²) in [5.74, 6) is -0.657. The highest BCUT2D eigenvalue weighted by Crippen LogP contribution is 2.32. The summed E-state index contributed by atoms with van der Waals surface area (Å²) < 4.78 is 27.4. The molecule has 1 atom stereocenters. The first-order valence-corrected chi connectivity index (χ1v) is 12.6. The van der Waals surface area contributed by atoms with Crippen LogP contribution in [0.1, 0.15) is 60.2 Å². The van der Waals surface area contributed by atoms with E-state index < -0.39 is 17.5 Å². The van der Waals surface area contributed by atoms with Crippen LogP contribution in [0.3, 0.4) is 0 Å². The number of hydrogen-bond acceptors (Lipinski definition) is 6. The standard InChI is InChI=1S/C26H29ClFN5O4/c1-14-22(27)15(2)33-23(29-14)19-12-32(13-20(19)30-33)24(34)18-7-6-16(28)10-21(18)36-17-8-9-31(11-17)25(35)37-26(3,4)5/h6-7,10,17H,8-9,11-13H2,1-5H3/t17-/m0/s1. The van der Waals surface area contributed by atoms with Gasteiger partial charge in [0.1, 0.15) is 23.3 Å². The number of nitrogens with zero attached hydrogens (tertiary/aromatic N) is 5. The molecule has 2 aromatic heterocycles. The molecule has 2 aliphatic rings. The summed E-state index contributed by atoms with van der Waals surface area (Å²) in [5.41, 5.74) is 3.43. The van der Waals surface area contributed by atoms with Gasteiger partial charge in [0.2, 0.25) is 0 Å². The maximum absolute atomic E-state index is 14.2. The Labute approximate surface area is 219 Å². The fourth-order valence-corrected chi connectivity index (χ4v) is 4.82. The molecule has 1 aromatic carbocycles. The molecular weight excluding hydrogens is 501 g/mol. The van der Waals surface area contributed by atoms with E-state index in [-0.39, 0.29) is 23.3 Å². The number of amides is 2. The molecule has 1 saturated heterocycles. The van der Waals surface area contributed by atoms with Crippen molar-refractivity contribution >= 4 is 29.2 Å². The summed E-state index contributed by atoms with van der Waals surface area (Å²) in [7, 11) is 0. The molecule has 2 amide bonds. The van der Waals surface area contributed by atoms with Crippen LogP contribution in [0.2, 0.25) is 5.02 Å². The summed E-state index contributed by atoms with van der Waals surface area (Å²) in [4.78, 5) is 33.7. The van der Waals surface area contributed by atoms with Crippen molar-refractivity contribution in [3.05, 3.63) is 57.2 Å². The van der Waals surface area contributed by atoms with Gasteiger partial charge in [0.05, 0.1) is 47.3 Å². The predicted molar refractivity (Wildman–Crippen MR) is 134 cm³/mol. The zero-order valence-electron chi connectivity index (χ0n) is 21.5. The van der Waals surface area contributed by atoms with Crippen molar-refractivity contribution in [2.24, 2.45) is 0 Å². The molecule has 196 valence electrons. The molecule has 37 heavy (non-hydrogen) atoms. The lowest BCUT2D eigenvalue weighted by Crippen LogP contribution is -2.36. The average Bonchev–Trinajstić information content (AvgIpc) is 3.52. The van der Waals surface area contributed by atoms with Crippen molar-refractivity contribution in [3.8, 4) is 5.75 Å². The van der Waals surface area contributed by atoms with E-state index in [9.17, 15) is 14.0 Å². The number of aromatic nitrogens is 3. The summed E-state index contributed by atoms with van der Waals surface area (Å²) in [6, 6.07) is 3.89. The molecule has 0 N–H and O–H groups in total. The third-order valence-electron chi connectivity index (χ3n) is 6.51. The number of fused-ring (bicyclic) bond motifs is 3. The van der Waals surface area contributed by atoms with E-state index in [0.29, 0.717) is 49.0 Å². The van der Waals surface area contributed by atoms with Crippen LogP contribution in [-0.4, -0.2) is 61.2 Å². The number of aryl methyl sites for hydroxylation is 2. The quantitative estimate of drug-likeness (QED) is 0.489. The lowest BCUT2D eigenvalue weighted by Gasteiger charge is -2.24. The SMILES string of the molecule is Cc1nc2c3c(nn2c(C)c1Cl)CN(C(=O)c1ccc(F)cc1O[C@H]1CCN(C(=O)OC(C)(C)C)C1)C3. The Balaban J connectivity index is 1.33. The van der Waals surface area contributed by atoms with Gasteiger partial charge in [-0.1, -0.05) is 11.6 Å². The Morgan fingerprint density at radius 1 is 1.16 bits per heavy atom. The van der Waals surface area contributed by atoms with Crippen molar-refractivity contribution in [2.75, 3.05) is 13.1 Å². The number of halogens is 2.